The first kappa shape index (κ1) is 14.6. The van der Waals surface area contributed by atoms with E-state index in [0.29, 0.717) is 13.1 Å². The summed E-state index contributed by atoms with van der Waals surface area (Å²) in [4.78, 5) is 13.0. The highest BCUT2D eigenvalue weighted by molar-refractivity contribution is 6.34. The van der Waals surface area contributed by atoms with Crippen LogP contribution in [0.4, 0.5) is 0 Å². The van der Waals surface area contributed by atoms with Gasteiger partial charge >= 0.3 is 5.97 Å². The molecule has 20 heavy (non-hydrogen) atoms. The molecular weight excluding hydrogens is 280 g/mol. The van der Waals surface area contributed by atoms with E-state index in [1.165, 1.54) is 6.07 Å². The van der Waals surface area contributed by atoms with E-state index in [1.807, 2.05) is 31.0 Å². The molecule has 0 atom stereocenters. The van der Waals surface area contributed by atoms with Crippen LogP contribution in [0.25, 0.3) is 0 Å². The van der Waals surface area contributed by atoms with Crippen molar-refractivity contribution >= 4 is 17.6 Å². The molecule has 2 rings (SSSR count). The van der Waals surface area contributed by atoms with Crippen LogP contribution in [0.1, 0.15) is 27.4 Å². The summed E-state index contributed by atoms with van der Waals surface area (Å²) in [7, 11) is 1.91. The molecule has 2 aromatic rings. The molecule has 0 aliphatic heterocycles. The highest BCUT2D eigenvalue weighted by atomic mass is 35.5. The van der Waals surface area contributed by atoms with Gasteiger partial charge in [-0.25, -0.2) is 4.79 Å². The average Bonchev–Trinajstić information content (AvgIpc) is 2.77. The number of hydrogen-bond donors (Lipinski definition) is 1. The summed E-state index contributed by atoms with van der Waals surface area (Å²) in [6.45, 7) is 2.97. The van der Waals surface area contributed by atoms with Crippen molar-refractivity contribution in [3.63, 3.8) is 0 Å². The molecule has 0 amide bonds. The van der Waals surface area contributed by atoms with Crippen LogP contribution in [0.2, 0.25) is 5.02 Å². The Labute approximate surface area is 121 Å². The predicted octanol–water partition coefficient (Wildman–Crippen LogP) is 2.97. The number of hydrogen-bond acceptors (Lipinski definition) is 4. The lowest BCUT2D eigenvalue weighted by Crippen LogP contribution is -2.18. The maximum absolute atomic E-state index is 11.0. The quantitative estimate of drug-likeness (QED) is 0.918. The van der Waals surface area contributed by atoms with Gasteiger partial charge < -0.3 is 9.63 Å². The first-order valence-corrected chi connectivity index (χ1v) is 6.46. The first-order chi connectivity index (χ1) is 9.47. The van der Waals surface area contributed by atoms with Crippen molar-refractivity contribution in [3.05, 3.63) is 51.9 Å². The summed E-state index contributed by atoms with van der Waals surface area (Å²) in [6.07, 6.45) is 0. The molecule has 0 aliphatic rings. The maximum Gasteiger partial charge on any atom is 0.337 e. The Morgan fingerprint density at radius 3 is 2.80 bits per heavy atom. The van der Waals surface area contributed by atoms with Crippen molar-refractivity contribution in [3.8, 4) is 0 Å². The molecule has 1 heterocycles. The zero-order valence-corrected chi connectivity index (χ0v) is 12.0. The second kappa shape index (κ2) is 6.07. The lowest BCUT2D eigenvalue weighted by atomic mass is 10.1. The number of aromatic carboxylic acids is 1. The van der Waals surface area contributed by atoms with Gasteiger partial charge in [0.25, 0.3) is 0 Å². The Hall–Kier alpha value is -1.85. The largest absolute Gasteiger partial charge is 0.478 e. The van der Waals surface area contributed by atoms with Gasteiger partial charge in [-0.2, -0.15) is 0 Å². The van der Waals surface area contributed by atoms with E-state index in [9.17, 15) is 4.79 Å². The van der Waals surface area contributed by atoms with E-state index >= 15 is 0 Å². The number of rotatable bonds is 5. The Morgan fingerprint density at radius 2 is 2.20 bits per heavy atom. The van der Waals surface area contributed by atoms with Crippen LogP contribution in [0.5, 0.6) is 0 Å². The molecular formula is C14H15ClN2O3. The molecule has 1 aromatic carbocycles. The second-order valence-electron chi connectivity index (χ2n) is 4.69. The minimum absolute atomic E-state index is 0.120. The zero-order chi connectivity index (χ0) is 14.7. The second-order valence-corrected chi connectivity index (χ2v) is 5.06. The number of halogens is 1. The maximum atomic E-state index is 11.0. The van der Waals surface area contributed by atoms with E-state index in [2.05, 4.69) is 5.16 Å². The van der Waals surface area contributed by atoms with Gasteiger partial charge in [0.15, 0.2) is 0 Å². The fourth-order valence-corrected chi connectivity index (χ4v) is 2.25. The monoisotopic (exact) mass is 294 g/mol. The van der Waals surface area contributed by atoms with Gasteiger partial charge in [-0.05, 0) is 25.6 Å². The zero-order valence-electron chi connectivity index (χ0n) is 11.3. The minimum atomic E-state index is -1.02. The van der Waals surface area contributed by atoms with Gasteiger partial charge in [0.2, 0.25) is 0 Å². The lowest BCUT2D eigenvalue weighted by molar-refractivity contribution is 0.0697. The number of carboxylic acids is 1. The molecule has 5 nitrogen and oxygen atoms in total. The van der Waals surface area contributed by atoms with Crippen molar-refractivity contribution < 1.29 is 14.4 Å². The smallest absolute Gasteiger partial charge is 0.337 e. The van der Waals surface area contributed by atoms with Crippen LogP contribution in [0.3, 0.4) is 0 Å². The topological polar surface area (TPSA) is 66.6 Å². The molecule has 0 fully saturated rings. The molecule has 1 N–H and O–H groups in total. The fourth-order valence-electron chi connectivity index (χ4n) is 1.98. The lowest BCUT2D eigenvalue weighted by Gasteiger charge is -2.16. The Morgan fingerprint density at radius 1 is 1.45 bits per heavy atom. The van der Waals surface area contributed by atoms with E-state index in [4.69, 9.17) is 21.2 Å². The predicted molar refractivity (Wildman–Crippen MR) is 74.8 cm³/mol. The van der Waals surface area contributed by atoms with Gasteiger partial charge in [0, 0.05) is 19.2 Å². The first-order valence-electron chi connectivity index (χ1n) is 6.09. The van der Waals surface area contributed by atoms with Crippen LogP contribution in [-0.4, -0.2) is 28.2 Å². The van der Waals surface area contributed by atoms with E-state index in [1.54, 1.807) is 6.07 Å². The van der Waals surface area contributed by atoms with Gasteiger partial charge in [0.1, 0.15) is 5.76 Å². The molecule has 106 valence electrons. The summed E-state index contributed by atoms with van der Waals surface area (Å²) in [5.74, 6) is -0.258. The van der Waals surface area contributed by atoms with Crippen molar-refractivity contribution in [2.75, 3.05) is 7.05 Å². The molecule has 0 saturated carbocycles. The van der Waals surface area contributed by atoms with Gasteiger partial charge in [-0.15, -0.1) is 0 Å². The summed E-state index contributed by atoms with van der Waals surface area (Å²) in [5, 5.41) is 13.2. The van der Waals surface area contributed by atoms with Gasteiger partial charge in [-0.1, -0.05) is 28.9 Å². The molecule has 6 heteroatoms. The Bertz CT molecular complexity index is 625. The van der Waals surface area contributed by atoms with Gasteiger partial charge in [0.05, 0.1) is 16.3 Å². The molecule has 0 bridgehead atoms. The fraction of sp³-hybridized carbons (Fsp3) is 0.286. The van der Waals surface area contributed by atoms with Gasteiger partial charge in [-0.3, -0.25) is 4.90 Å². The van der Waals surface area contributed by atoms with Crippen LogP contribution in [0, 0.1) is 6.92 Å². The normalized spacial score (nSPS) is 11.0. The van der Waals surface area contributed by atoms with E-state index in [0.717, 1.165) is 17.0 Å². The van der Waals surface area contributed by atoms with Crippen LogP contribution < -0.4 is 0 Å². The van der Waals surface area contributed by atoms with E-state index in [-0.39, 0.29) is 10.6 Å². The van der Waals surface area contributed by atoms with Crippen molar-refractivity contribution in [1.82, 2.24) is 10.1 Å². The average molecular weight is 295 g/mol. The highest BCUT2D eigenvalue weighted by Gasteiger charge is 2.13. The standard InChI is InChI=1S/C14H15ClN2O3/c1-9-6-11(16-20-9)8-17(2)7-10-4-3-5-12(13(10)15)14(18)19/h3-6H,7-8H2,1-2H3,(H,18,19). The number of carbonyl (C=O) groups is 1. The van der Waals surface area contributed by atoms with Crippen molar-refractivity contribution in [2.45, 2.75) is 20.0 Å². The molecule has 0 spiro atoms. The van der Waals surface area contributed by atoms with Crippen LogP contribution >= 0.6 is 11.6 Å². The number of benzene rings is 1. The molecule has 0 unspecified atom stereocenters. The molecule has 1 aromatic heterocycles. The number of aromatic nitrogens is 1. The SMILES string of the molecule is Cc1cc(CN(C)Cc2cccc(C(=O)O)c2Cl)no1. The highest BCUT2D eigenvalue weighted by Crippen LogP contribution is 2.22. The summed E-state index contributed by atoms with van der Waals surface area (Å²) in [6, 6.07) is 6.87. The molecule has 0 saturated heterocycles. The Balaban J connectivity index is 2.09. The number of carboxylic acid groups (broad SMARTS) is 1. The summed E-state index contributed by atoms with van der Waals surface area (Å²) < 4.78 is 5.01. The third-order valence-corrected chi connectivity index (χ3v) is 3.30. The molecule has 0 radical (unpaired) electrons. The summed E-state index contributed by atoms with van der Waals surface area (Å²) >= 11 is 6.11. The summed E-state index contributed by atoms with van der Waals surface area (Å²) in [5.41, 5.74) is 1.72. The van der Waals surface area contributed by atoms with Crippen LogP contribution in [0.15, 0.2) is 28.8 Å². The molecule has 0 aliphatic carbocycles. The number of nitrogens with zero attached hydrogens (tertiary/aromatic N) is 2. The third kappa shape index (κ3) is 3.37. The minimum Gasteiger partial charge on any atom is -0.478 e. The Kier molecular flexibility index (Phi) is 4.42. The number of aryl methyl sites for hydroxylation is 1. The van der Waals surface area contributed by atoms with Crippen LogP contribution in [-0.2, 0) is 13.1 Å². The van der Waals surface area contributed by atoms with Crippen molar-refractivity contribution in [2.24, 2.45) is 0 Å². The van der Waals surface area contributed by atoms with E-state index < -0.39 is 5.97 Å². The third-order valence-electron chi connectivity index (χ3n) is 2.86. The van der Waals surface area contributed by atoms with Crippen molar-refractivity contribution in [1.29, 1.82) is 0 Å².